The van der Waals surface area contributed by atoms with Gasteiger partial charge >= 0.3 is 59.1 Å². The summed E-state index contributed by atoms with van der Waals surface area (Å²) in [6.07, 6.45) is 1.47. The summed E-state index contributed by atoms with van der Waals surface area (Å²) in [7, 11) is -8.25. The molecule has 0 unspecified atom stereocenters. The molecule has 0 aliphatic heterocycles. The number of halogens is 1. The zero-order valence-electron chi connectivity index (χ0n) is 16.7. The molecule has 1 heterocycles. The van der Waals surface area contributed by atoms with Gasteiger partial charge in [-0.3, -0.25) is 9.35 Å². The Morgan fingerprint density at radius 3 is 2.19 bits per heavy atom. The molecule has 10 nitrogen and oxygen atoms in total. The van der Waals surface area contributed by atoms with Crippen LogP contribution in [0.1, 0.15) is 10.5 Å². The molecule has 3 rings (SSSR count). The summed E-state index contributed by atoms with van der Waals surface area (Å²) in [5.74, 6) is -0.727. The van der Waals surface area contributed by atoms with Gasteiger partial charge < -0.3 is 32.6 Å². The first-order valence-corrected chi connectivity index (χ1v) is 10.5. The van der Waals surface area contributed by atoms with E-state index in [1.807, 2.05) is 0 Å². The van der Waals surface area contributed by atoms with Crippen LogP contribution in [0.3, 0.4) is 0 Å². The van der Waals surface area contributed by atoms with Crippen LogP contribution in [0.4, 0.5) is 11.4 Å². The van der Waals surface area contributed by atoms with E-state index in [-0.39, 0.29) is 93.7 Å². The molecule has 0 aliphatic rings. The van der Waals surface area contributed by atoms with Crippen molar-refractivity contribution < 1.29 is 102 Å². The fourth-order valence-electron chi connectivity index (χ4n) is 2.90. The standard InChI is InChI=1S/C16H15N3O7S2.ClH.2Na/c1-19-8-9(17)7-13(19)16(20)18-12-6-5-10-11(15(12)28(24,25)26)3-2-4-14(10)27(21,22)23;;;/h2-8H,17H2,1H3,(H,18,20)(H,21,22,23)(H,24,25,26);1H;;/q;;2*+1/p-2. The molecular formula is C16H14ClN3Na2O7S2. The van der Waals surface area contributed by atoms with Crippen molar-refractivity contribution in [2.45, 2.75) is 9.79 Å². The summed E-state index contributed by atoms with van der Waals surface area (Å²) in [6.45, 7) is 0. The monoisotopic (exact) mass is 505 g/mol. The third-order valence-corrected chi connectivity index (χ3v) is 5.86. The number of fused-ring (bicyclic) bond motifs is 1. The number of benzene rings is 2. The Kier molecular flexibility index (Phi) is 10.8. The minimum absolute atomic E-state index is 0. The van der Waals surface area contributed by atoms with E-state index in [2.05, 4.69) is 5.32 Å². The largest absolute Gasteiger partial charge is 1.00 e. The maximum absolute atomic E-state index is 12.5. The zero-order chi connectivity index (χ0) is 20.9. The number of carbonyl (C=O) groups is 1. The fraction of sp³-hybridized carbons (Fsp3) is 0.0625. The van der Waals surface area contributed by atoms with E-state index in [9.17, 15) is 30.7 Å². The molecule has 1 amide bonds. The molecule has 0 radical (unpaired) electrons. The van der Waals surface area contributed by atoms with Gasteiger partial charge in [-0.15, -0.1) is 0 Å². The number of hydrogen-bond acceptors (Lipinski definition) is 7. The van der Waals surface area contributed by atoms with Crippen LogP contribution in [0.2, 0.25) is 0 Å². The summed E-state index contributed by atoms with van der Waals surface area (Å²) in [4.78, 5) is 11.1. The fourth-order valence-corrected chi connectivity index (χ4v) is 4.44. The van der Waals surface area contributed by atoms with E-state index >= 15 is 0 Å². The van der Waals surface area contributed by atoms with Crippen molar-refractivity contribution >= 4 is 48.3 Å². The van der Waals surface area contributed by atoms with Crippen LogP contribution in [-0.4, -0.2) is 36.4 Å². The first-order valence-electron chi connectivity index (χ1n) is 7.62. The summed E-state index contributed by atoms with van der Waals surface area (Å²) in [5, 5.41) is 1.90. The number of nitrogens with zero attached hydrogens (tertiary/aromatic N) is 1. The number of carbonyl (C=O) groups excluding carboxylic acids is 1. The third-order valence-electron chi connectivity index (χ3n) is 4.01. The Hall–Kier alpha value is -0.640. The first kappa shape index (κ1) is 30.4. The van der Waals surface area contributed by atoms with Crippen LogP contribution >= 0.6 is 0 Å². The minimum atomic E-state index is -5.13. The molecule has 0 fully saturated rings. The summed E-state index contributed by atoms with van der Waals surface area (Å²) in [6, 6.07) is 7.05. The van der Waals surface area contributed by atoms with Gasteiger partial charge in [-0.25, -0.2) is 8.42 Å². The number of rotatable bonds is 4. The topological polar surface area (TPSA) is 172 Å². The second kappa shape index (κ2) is 11.0. The number of nitrogen functional groups attached to an aromatic ring is 1. The quantitative estimate of drug-likeness (QED) is 0.232. The maximum atomic E-state index is 12.5. The van der Waals surface area contributed by atoms with Gasteiger partial charge in [0.25, 0.3) is 16.0 Å². The van der Waals surface area contributed by atoms with Crippen molar-refractivity contribution in [2.75, 3.05) is 11.1 Å². The zero-order valence-corrected chi connectivity index (χ0v) is 23.0. The van der Waals surface area contributed by atoms with Crippen molar-refractivity contribution in [2.24, 2.45) is 7.05 Å². The Morgan fingerprint density at radius 1 is 1.10 bits per heavy atom. The van der Waals surface area contributed by atoms with Crippen molar-refractivity contribution in [1.29, 1.82) is 0 Å². The molecule has 4 N–H and O–H groups in total. The van der Waals surface area contributed by atoms with Gasteiger partial charge in [-0.05, 0) is 18.2 Å². The van der Waals surface area contributed by atoms with Crippen molar-refractivity contribution in [3.05, 3.63) is 48.3 Å². The average molecular weight is 506 g/mol. The summed E-state index contributed by atoms with van der Waals surface area (Å²) in [5.41, 5.74) is 5.70. The molecule has 31 heavy (non-hydrogen) atoms. The Labute approximate surface area is 229 Å². The number of hydrogen-bond donors (Lipinski definition) is 3. The van der Waals surface area contributed by atoms with Gasteiger partial charge in [-0.2, -0.15) is 8.42 Å². The van der Waals surface area contributed by atoms with E-state index in [4.69, 9.17) is 5.73 Å². The van der Waals surface area contributed by atoms with Crippen LogP contribution in [0, 0.1) is 0 Å². The van der Waals surface area contributed by atoms with E-state index < -0.39 is 35.9 Å². The summed E-state index contributed by atoms with van der Waals surface area (Å²) >= 11 is 0. The molecule has 3 aromatic rings. The van der Waals surface area contributed by atoms with Crippen LogP contribution < -0.4 is 82.6 Å². The molecule has 2 aromatic carbocycles. The van der Waals surface area contributed by atoms with E-state index in [1.54, 1.807) is 7.05 Å². The molecular weight excluding hydrogens is 492 g/mol. The van der Waals surface area contributed by atoms with Crippen molar-refractivity contribution in [3.8, 4) is 0 Å². The molecule has 0 spiro atoms. The third kappa shape index (κ3) is 6.45. The molecule has 0 aliphatic carbocycles. The number of anilines is 2. The van der Waals surface area contributed by atoms with Crippen molar-refractivity contribution in [1.82, 2.24) is 4.57 Å². The van der Waals surface area contributed by atoms with Crippen LogP contribution in [0.5, 0.6) is 0 Å². The normalized spacial score (nSPS) is 11.1. The van der Waals surface area contributed by atoms with Crippen LogP contribution in [0.25, 0.3) is 10.8 Å². The molecule has 0 atom stereocenters. The maximum Gasteiger partial charge on any atom is 1.00 e. The van der Waals surface area contributed by atoms with Gasteiger partial charge in [0.15, 0.2) is 0 Å². The predicted molar refractivity (Wildman–Crippen MR) is 99.5 cm³/mol. The van der Waals surface area contributed by atoms with E-state index in [1.165, 1.54) is 35.0 Å². The molecule has 1 aromatic heterocycles. The first-order chi connectivity index (χ1) is 12.9. The van der Waals surface area contributed by atoms with Gasteiger partial charge in [0.05, 0.1) is 16.3 Å². The Balaban J connectivity index is 0.00000300. The van der Waals surface area contributed by atoms with Gasteiger partial charge in [0.2, 0.25) is 0 Å². The summed E-state index contributed by atoms with van der Waals surface area (Å²) < 4.78 is 69.4. The van der Waals surface area contributed by atoms with E-state index in [0.717, 1.165) is 12.1 Å². The van der Waals surface area contributed by atoms with Crippen LogP contribution in [0.15, 0.2) is 52.4 Å². The number of nitrogens with one attached hydrogen (secondary N) is 1. The second-order valence-electron chi connectivity index (χ2n) is 5.95. The second-order valence-corrected chi connectivity index (χ2v) is 8.65. The average Bonchev–Trinajstić information content (AvgIpc) is 2.90. The van der Waals surface area contributed by atoms with Crippen molar-refractivity contribution in [3.63, 3.8) is 0 Å². The predicted octanol–water partition coefficient (Wildman–Crippen LogP) is -7.82. The Morgan fingerprint density at radius 2 is 1.71 bits per heavy atom. The molecule has 0 saturated heterocycles. The van der Waals surface area contributed by atoms with E-state index in [0.29, 0.717) is 5.69 Å². The number of nitrogens with two attached hydrogens (primary N) is 1. The molecule has 15 heteroatoms. The number of aryl methyl sites for hydroxylation is 1. The van der Waals surface area contributed by atoms with Gasteiger partial charge in [-0.1, -0.05) is 18.2 Å². The molecule has 0 bridgehead atoms. The van der Waals surface area contributed by atoms with Gasteiger partial charge in [0.1, 0.15) is 20.7 Å². The molecule has 0 saturated carbocycles. The Bertz CT molecular complexity index is 1340. The molecule has 156 valence electrons. The number of aromatic nitrogens is 1. The SMILES string of the molecule is Cn1cc(N)cc1C(=O)Nc1ccc2c(S(=O)(=O)O)cccc2c1S(=O)(=O)[O-].[Cl-].[Na+].[Na+]. The van der Waals surface area contributed by atoms with Crippen LogP contribution in [-0.2, 0) is 27.3 Å². The minimum Gasteiger partial charge on any atom is -1.00 e. The number of amides is 1. The smallest absolute Gasteiger partial charge is 1.00 e. The van der Waals surface area contributed by atoms with Gasteiger partial charge in [0, 0.05) is 24.0 Å².